The quantitative estimate of drug-likeness (QED) is 0.762. The Morgan fingerprint density at radius 1 is 1.33 bits per heavy atom. The molecule has 0 saturated carbocycles. The van der Waals surface area contributed by atoms with Crippen molar-refractivity contribution in [3.8, 4) is 0 Å². The van der Waals surface area contributed by atoms with Crippen LogP contribution >= 0.6 is 0 Å². The molecule has 0 heterocycles. The molecule has 0 fully saturated rings. The van der Waals surface area contributed by atoms with Crippen molar-refractivity contribution in [1.82, 2.24) is 10.2 Å². The van der Waals surface area contributed by atoms with Gasteiger partial charge < -0.3 is 11.1 Å². The Hall–Kier alpha value is -1.39. The van der Waals surface area contributed by atoms with Crippen LogP contribution in [-0.2, 0) is 4.79 Å². The Labute approximate surface area is 109 Å². The van der Waals surface area contributed by atoms with E-state index in [9.17, 15) is 4.79 Å². The van der Waals surface area contributed by atoms with Crippen molar-refractivity contribution in [1.29, 1.82) is 0 Å². The summed E-state index contributed by atoms with van der Waals surface area (Å²) in [6.07, 6.45) is 0. The summed E-state index contributed by atoms with van der Waals surface area (Å²) >= 11 is 0. The van der Waals surface area contributed by atoms with Crippen molar-refractivity contribution in [2.45, 2.75) is 19.9 Å². The number of benzene rings is 1. The number of amides is 1. The molecule has 0 radical (unpaired) electrons. The molecule has 0 bridgehead atoms. The molecule has 1 aromatic carbocycles. The molecule has 1 aromatic rings. The molecule has 0 aliphatic carbocycles. The summed E-state index contributed by atoms with van der Waals surface area (Å²) in [5.74, 6) is 0.0552. The summed E-state index contributed by atoms with van der Waals surface area (Å²) in [5, 5.41) is 2.80. The number of carbonyl (C=O) groups is 1. The first-order valence-electron chi connectivity index (χ1n) is 6.47. The smallest absolute Gasteiger partial charge is 0.234 e. The summed E-state index contributed by atoms with van der Waals surface area (Å²) in [7, 11) is 0. The zero-order valence-electron chi connectivity index (χ0n) is 11.2. The first-order chi connectivity index (χ1) is 8.67. The lowest BCUT2D eigenvalue weighted by atomic mass is 10.1. The van der Waals surface area contributed by atoms with E-state index in [0.717, 1.165) is 12.1 Å². The fourth-order valence-electron chi connectivity index (χ4n) is 1.85. The summed E-state index contributed by atoms with van der Waals surface area (Å²) in [4.78, 5) is 13.6. The zero-order chi connectivity index (χ0) is 13.4. The normalized spacial score (nSPS) is 12.4. The molecule has 1 rings (SSSR count). The Morgan fingerprint density at radius 3 is 2.56 bits per heavy atom. The maximum Gasteiger partial charge on any atom is 0.234 e. The van der Waals surface area contributed by atoms with E-state index in [-0.39, 0.29) is 11.9 Å². The maximum atomic E-state index is 11.5. The van der Waals surface area contributed by atoms with Crippen LogP contribution in [0.15, 0.2) is 30.3 Å². The fourth-order valence-corrected chi connectivity index (χ4v) is 1.85. The molecule has 4 nitrogen and oxygen atoms in total. The topological polar surface area (TPSA) is 58.4 Å². The van der Waals surface area contributed by atoms with E-state index < -0.39 is 0 Å². The van der Waals surface area contributed by atoms with Gasteiger partial charge >= 0.3 is 0 Å². The number of rotatable bonds is 7. The van der Waals surface area contributed by atoms with Crippen molar-refractivity contribution in [2.24, 2.45) is 5.73 Å². The highest BCUT2D eigenvalue weighted by molar-refractivity contribution is 5.77. The molecule has 1 unspecified atom stereocenters. The SMILES string of the molecule is CCNC(=O)CN(CC)CC(N)c1ccccc1. The highest BCUT2D eigenvalue weighted by Gasteiger charge is 2.13. The lowest BCUT2D eigenvalue weighted by Crippen LogP contribution is -2.40. The second-order valence-corrected chi connectivity index (χ2v) is 4.30. The van der Waals surface area contributed by atoms with Gasteiger partial charge in [-0.05, 0) is 19.0 Å². The van der Waals surface area contributed by atoms with Gasteiger partial charge in [0, 0.05) is 19.1 Å². The van der Waals surface area contributed by atoms with Gasteiger partial charge in [0.2, 0.25) is 5.91 Å². The number of carbonyl (C=O) groups excluding carboxylic acids is 1. The predicted molar refractivity (Wildman–Crippen MR) is 74.2 cm³/mol. The second-order valence-electron chi connectivity index (χ2n) is 4.30. The monoisotopic (exact) mass is 249 g/mol. The molecule has 1 amide bonds. The minimum absolute atomic E-state index is 0.0550. The number of hydrogen-bond donors (Lipinski definition) is 2. The van der Waals surface area contributed by atoms with Crippen LogP contribution in [-0.4, -0.2) is 37.0 Å². The molecule has 0 aromatic heterocycles. The van der Waals surface area contributed by atoms with E-state index in [1.165, 1.54) is 0 Å². The van der Waals surface area contributed by atoms with E-state index in [1.807, 2.05) is 44.2 Å². The molecule has 100 valence electrons. The Morgan fingerprint density at radius 2 is 2.00 bits per heavy atom. The molecule has 0 aliphatic rings. The van der Waals surface area contributed by atoms with Crippen LogP contribution in [0.2, 0.25) is 0 Å². The van der Waals surface area contributed by atoms with Crippen LogP contribution < -0.4 is 11.1 Å². The van der Waals surface area contributed by atoms with Gasteiger partial charge in [-0.3, -0.25) is 9.69 Å². The van der Waals surface area contributed by atoms with E-state index in [2.05, 4.69) is 10.2 Å². The second kappa shape index (κ2) is 7.84. The fraction of sp³-hybridized carbons (Fsp3) is 0.500. The van der Waals surface area contributed by atoms with Crippen LogP contribution in [0, 0.1) is 0 Å². The van der Waals surface area contributed by atoms with Gasteiger partial charge in [0.15, 0.2) is 0 Å². The number of likely N-dealkylation sites (N-methyl/N-ethyl adjacent to an activating group) is 2. The van der Waals surface area contributed by atoms with Gasteiger partial charge in [-0.1, -0.05) is 37.3 Å². The van der Waals surface area contributed by atoms with Gasteiger partial charge in [-0.15, -0.1) is 0 Å². The Balaban J connectivity index is 2.50. The van der Waals surface area contributed by atoms with Crippen LogP contribution in [0.4, 0.5) is 0 Å². The lowest BCUT2D eigenvalue weighted by Gasteiger charge is -2.23. The molecule has 3 N–H and O–H groups in total. The summed E-state index contributed by atoms with van der Waals surface area (Å²) < 4.78 is 0. The van der Waals surface area contributed by atoms with Crippen molar-refractivity contribution < 1.29 is 4.79 Å². The minimum Gasteiger partial charge on any atom is -0.355 e. The standard InChI is InChI=1S/C14H23N3O/c1-3-16-14(18)11-17(4-2)10-13(15)12-8-6-5-7-9-12/h5-9,13H,3-4,10-11,15H2,1-2H3,(H,16,18). The van der Waals surface area contributed by atoms with Gasteiger partial charge in [-0.2, -0.15) is 0 Å². The summed E-state index contributed by atoms with van der Waals surface area (Å²) in [6.45, 7) is 6.54. The van der Waals surface area contributed by atoms with E-state index in [4.69, 9.17) is 5.73 Å². The lowest BCUT2D eigenvalue weighted by molar-refractivity contribution is -0.122. The van der Waals surface area contributed by atoms with Gasteiger partial charge in [0.25, 0.3) is 0 Å². The van der Waals surface area contributed by atoms with Gasteiger partial charge in [0.1, 0.15) is 0 Å². The number of nitrogens with zero attached hydrogens (tertiary/aromatic N) is 1. The van der Waals surface area contributed by atoms with Crippen molar-refractivity contribution >= 4 is 5.91 Å². The maximum absolute atomic E-state index is 11.5. The number of hydrogen-bond acceptors (Lipinski definition) is 3. The minimum atomic E-state index is -0.0550. The van der Waals surface area contributed by atoms with Crippen LogP contribution in [0.5, 0.6) is 0 Å². The van der Waals surface area contributed by atoms with Gasteiger partial charge in [-0.25, -0.2) is 0 Å². The third kappa shape index (κ3) is 4.85. The van der Waals surface area contributed by atoms with Crippen LogP contribution in [0.25, 0.3) is 0 Å². The van der Waals surface area contributed by atoms with E-state index in [1.54, 1.807) is 0 Å². The average Bonchev–Trinajstić information content (AvgIpc) is 2.39. The number of nitrogens with one attached hydrogen (secondary N) is 1. The van der Waals surface area contributed by atoms with Crippen molar-refractivity contribution in [3.05, 3.63) is 35.9 Å². The third-order valence-electron chi connectivity index (χ3n) is 2.87. The first kappa shape index (κ1) is 14.7. The van der Waals surface area contributed by atoms with E-state index in [0.29, 0.717) is 19.6 Å². The highest BCUT2D eigenvalue weighted by Crippen LogP contribution is 2.10. The predicted octanol–water partition coefficient (Wildman–Crippen LogP) is 1.14. The molecule has 0 spiro atoms. The van der Waals surface area contributed by atoms with Crippen LogP contribution in [0.3, 0.4) is 0 Å². The molecule has 0 aliphatic heterocycles. The Bertz CT molecular complexity index is 353. The van der Waals surface area contributed by atoms with Crippen molar-refractivity contribution in [3.63, 3.8) is 0 Å². The molecule has 4 heteroatoms. The number of nitrogens with two attached hydrogens (primary N) is 1. The molecular formula is C14H23N3O. The molecule has 18 heavy (non-hydrogen) atoms. The molecule has 1 atom stereocenters. The molecular weight excluding hydrogens is 226 g/mol. The Kier molecular flexibility index (Phi) is 6.39. The van der Waals surface area contributed by atoms with Crippen LogP contribution in [0.1, 0.15) is 25.5 Å². The van der Waals surface area contributed by atoms with Crippen molar-refractivity contribution in [2.75, 3.05) is 26.2 Å². The van der Waals surface area contributed by atoms with E-state index >= 15 is 0 Å². The average molecular weight is 249 g/mol. The summed E-state index contributed by atoms with van der Waals surface area (Å²) in [6, 6.07) is 9.92. The largest absolute Gasteiger partial charge is 0.355 e. The summed E-state index contributed by atoms with van der Waals surface area (Å²) in [5.41, 5.74) is 7.25. The van der Waals surface area contributed by atoms with Gasteiger partial charge in [0.05, 0.1) is 6.54 Å². The third-order valence-corrected chi connectivity index (χ3v) is 2.87. The molecule has 0 saturated heterocycles. The highest BCUT2D eigenvalue weighted by atomic mass is 16.2. The first-order valence-corrected chi connectivity index (χ1v) is 6.47. The zero-order valence-corrected chi connectivity index (χ0v) is 11.2.